The molecule has 0 aliphatic rings. The van der Waals surface area contributed by atoms with Crippen LogP contribution in [0.4, 0.5) is 0 Å². The summed E-state index contributed by atoms with van der Waals surface area (Å²) < 4.78 is 0. The molecule has 0 saturated carbocycles. The van der Waals surface area contributed by atoms with Gasteiger partial charge in [0.1, 0.15) is 0 Å². The smallest absolute Gasteiger partial charge is 0.237 e. The average Bonchev–Trinajstić information content (AvgIpc) is 2.14. The van der Waals surface area contributed by atoms with Gasteiger partial charge in [0.15, 0.2) is 0 Å². The van der Waals surface area contributed by atoms with Crippen molar-refractivity contribution in [3.63, 3.8) is 0 Å². The van der Waals surface area contributed by atoms with Crippen LogP contribution in [0.5, 0.6) is 0 Å². The molecule has 0 rings (SSSR count). The van der Waals surface area contributed by atoms with Crippen molar-refractivity contribution < 1.29 is 4.79 Å². The molecule has 0 radical (unpaired) electrons. The van der Waals surface area contributed by atoms with E-state index < -0.39 is 6.04 Å². The molecular formula is C13H29N3O. The number of carbonyl (C=O) groups excluding carboxylic acids is 1. The van der Waals surface area contributed by atoms with Crippen LogP contribution in [0.3, 0.4) is 0 Å². The molecule has 0 bridgehead atoms. The molecule has 0 heterocycles. The van der Waals surface area contributed by atoms with Crippen molar-refractivity contribution in [3.8, 4) is 0 Å². The molecule has 3 N–H and O–H groups in total. The standard InChI is InChI=1S/C13H29N3O/c1-9(2)7-11(14)13(17)15-12(10(3)4)8-16(5)6/h9-12H,7-8,14H2,1-6H3,(H,15,17)/t11-,12?/m0/s1. The Morgan fingerprint density at radius 2 is 1.76 bits per heavy atom. The number of likely N-dealkylation sites (N-methyl/N-ethyl adjacent to an activating group) is 1. The van der Waals surface area contributed by atoms with Gasteiger partial charge in [0.25, 0.3) is 0 Å². The van der Waals surface area contributed by atoms with Crippen molar-refractivity contribution in [2.45, 2.75) is 46.2 Å². The van der Waals surface area contributed by atoms with E-state index in [2.05, 4.69) is 37.9 Å². The Morgan fingerprint density at radius 1 is 1.24 bits per heavy atom. The van der Waals surface area contributed by atoms with Gasteiger partial charge in [-0.1, -0.05) is 27.7 Å². The van der Waals surface area contributed by atoms with Crippen LogP contribution in [-0.2, 0) is 4.79 Å². The van der Waals surface area contributed by atoms with E-state index in [9.17, 15) is 4.79 Å². The van der Waals surface area contributed by atoms with Crippen molar-refractivity contribution in [3.05, 3.63) is 0 Å². The molecule has 1 unspecified atom stereocenters. The second-order valence-electron chi connectivity index (χ2n) is 5.86. The summed E-state index contributed by atoms with van der Waals surface area (Å²) in [6.45, 7) is 9.22. The normalized spacial score (nSPS) is 15.4. The van der Waals surface area contributed by atoms with Gasteiger partial charge in [-0.25, -0.2) is 0 Å². The Labute approximate surface area is 106 Å². The third kappa shape index (κ3) is 7.34. The van der Waals surface area contributed by atoms with Crippen molar-refractivity contribution in [2.24, 2.45) is 17.6 Å². The van der Waals surface area contributed by atoms with Crippen LogP contribution >= 0.6 is 0 Å². The molecule has 4 heteroatoms. The molecule has 0 aliphatic carbocycles. The molecule has 0 aromatic rings. The van der Waals surface area contributed by atoms with E-state index in [0.717, 1.165) is 13.0 Å². The summed E-state index contributed by atoms with van der Waals surface area (Å²) >= 11 is 0. The predicted molar refractivity (Wildman–Crippen MR) is 72.8 cm³/mol. The van der Waals surface area contributed by atoms with E-state index >= 15 is 0 Å². The van der Waals surface area contributed by atoms with Gasteiger partial charge in [-0.15, -0.1) is 0 Å². The van der Waals surface area contributed by atoms with E-state index in [-0.39, 0.29) is 11.9 Å². The first-order valence-corrected chi connectivity index (χ1v) is 6.44. The number of nitrogens with two attached hydrogens (primary N) is 1. The summed E-state index contributed by atoms with van der Waals surface area (Å²) in [5.74, 6) is 0.828. The number of carbonyl (C=O) groups is 1. The number of amides is 1. The van der Waals surface area contributed by atoms with Gasteiger partial charge in [-0.05, 0) is 32.4 Å². The fourth-order valence-electron chi connectivity index (χ4n) is 1.72. The molecular weight excluding hydrogens is 214 g/mol. The molecule has 0 saturated heterocycles. The fourth-order valence-corrected chi connectivity index (χ4v) is 1.72. The van der Waals surface area contributed by atoms with Gasteiger partial charge in [-0.3, -0.25) is 4.79 Å². The van der Waals surface area contributed by atoms with Crippen LogP contribution in [0.25, 0.3) is 0 Å². The maximum absolute atomic E-state index is 11.9. The molecule has 0 aromatic heterocycles. The maximum atomic E-state index is 11.9. The molecule has 102 valence electrons. The van der Waals surface area contributed by atoms with Gasteiger partial charge in [0.05, 0.1) is 6.04 Å². The Kier molecular flexibility index (Phi) is 7.39. The van der Waals surface area contributed by atoms with Crippen LogP contribution in [-0.4, -0.2) is 43.5 Å². The van der Waals surface area contributed by atoms with E-state index in [1.54, 1.807) is 0 Å². The minimum absolute atomic E-state index is 0.0285. The zero-order valence-corrected chi connectivity index (χ0v) is 12.2. The number of hydrogen-bond acceptors (Lipinski definition) is 3. The Morgan fingerprint density at radius 3 is 2.12 bits per heavy atom. The van der Waals surface area contributed by atoms with E-state index in [0.29, 0.717) is 11.8 Å². The summed E-state index contributed by atoms with van der Waals surface area (Å²) in [6, 6.07) is -0.228. The van der Waals surface area contributed by atoms with Gasteiger partial charge in [-0.2, -0.15) is 0 Å². The topological polar surface area (TPSA) is 58.4 Å². The highest BCUT2D eigenvalue weighted by molar-refractivity contribution is 5.81. The maximum Gasteiger partial charge on any atom is 0.237 e. The molecule has 0 aliphatic heterocycles. The zero-order chi connectivity index (χ0) is 13.6. The van der Waals surface area contributed by atoms with Crippen LogP contribution < -0.4 is 11.1 Å². The molecule has 2 atom stereocenters. The molecule has 0 aromatic carbocycles. The minimum atomic E-state index is -0.390. The summed E-state index contributed by atoms with van der Waals surface area (Å²) in [6.07, 6.45) is 0.735. The molecule has 0 spiro atoms. The first kappa shape index (κ1) is 16.4. The third-order valence-corrected chi connectivity index (χ3v) is 2.76. The van der Waals surface area contributed by atoms with Crippen LogP contribution in [0.15, 0.2) is 0 Å². The van der Waals surface area contributed by atoms with E-state index in [4.69, 9.17) is 5.73 Å². The first-order valence-electron chi connectivity index (χ1n) is 6.44. The number of rotatable bonds is 7. The lowest BCUT2D eigenvalue weighted by molar-refractivity contribution is -0.123. The zero-order valence-electron chi connectivity index (χ0n) is 12.2. The lowest BCUT2D eigenvalue weighted by Gasteiger charge is -2.27. The average molecular weight is 243 g/mol. The second-order valence-corrected chi connectivity index (χ2v) is 5.86. The summed E-state index contributed by atoms with van der Waals surface area (Å²) in [5, 5.41) is 3.05. The van der Waals surface area contributed by atoms with Crippen LogP contribution in [0.2, 0.25) is 0 Å². The van der Waals surface area contributed by atoms with Crippen LogP contribution in [0.1, 0.15) is 34.1 Å². The SMILES string of the molecule is CC(C)C[C@H](N)C(=O)NC(CN(C)C)C(C)C. The number of nitrogens with zero attached hydrogens (tertiary/aromatic N) is 1. The fraction of sp³-hybridized carbons (Fsp3) is 0.923. The predicted octanol–water partition coefficient (Wildman–Crippen LogP) is 1.06. The highest BCUT2D eigenvalue weighted by Crippen LogP contribution is 2.06. The number of hydrogen-bond donors (Lipinski definition) is 2. The van der Waals surface area contributed by atoms with Gasteiger partial charge >= 0.3 is 0 Å². The van der Waals surface area contributed by atoms with Gasteiger partial charge < -0.3 is 16.0 Å². The van der Waals surface area contributed by atoms with Crippen molar-refractivity contribution in [2.75, 3.05) is 20.6 Å². The highest BCUT2D eigenvalue weighted by Gasteiger charge is 2.21. The van der Waals surface area contributed by atoms with Gasteiger partial charge in [0, 0.05) is 12.6 Å². The molecule has 4 nitrogen and oxygen atoms in total. The minimum Gasteiger partial charge on any atom is -0.350 e. The van der Waals surface area contributed by atoms with Crippen molar-refractivity contribution in [1.82, 2.24) is 10.2 Å². The highest BCUT2D eigenvalue weighted by atomic mass is 16.2. The Hall–Kier alpha value is -0.610. The lowest BCUT2D eigenvalue weighted by Crippen LogP contribution is -2.51. The summed E-state index contributed by atoms with van der Waals surface area (Å²) in [7, 11) is 4.02. The first-order chi connectivity index (χ1) is 7.73. The molecule has 17 heavy (non-hydrogen) atoms. The largest absolute Gasteiger partial charge is 0.350 e. The molecule has 1 amide bonds. The van der Waals surface area contributed by atoms with Gasteiger partial charge in [0.2, 0.25) is 5.91 Å². The third-order valence-electron chi connectivity index (χ3n) is 2.76. The Bertz CT molecular complexity index is 227. The Balaban J connectivity index is 4.29. The monoisotopic (exact) mass is 243 g/mol. The van der Waals surface area contributed by atoms with E-state index in [1.165, 1.54) is 0 Å². The number of nitrogens with one attached hydrogen (secondary N) is 1. The van der Waals surface area contributed by atoms with Crippen molar-refractivity contribution in [1.29, 1.82) is 0 Å². The quantitative estimate of drug-likeness (QED) is 0.703. The van der Waals surface area contributed by atoms with Crippen LogP contribution in [0, 0.1) is 11.8 Å². The van der Waals surface area contributed by atoms with E-state index in [1.807, 2.05) is 14.1 Å². The summed E-state index contributed by atoms with van der Waals surface area (Å²) in [5.41, 5.74) is 5.87. The second kappa shape index (κ2) is 7.67. The summed E-state index contributed by atoms with van der Waals surface area (Å²) in [4.78, 5) is 14.0. The molecule has 0 fully saturated rings. The van der Waals surface area contributed by atoms with Crippen molar-refractivity contribution >= 4 is 5.91 Å². The lowest BCUT2D eigenvalue weighted by atomic mass is 10.0.